The maximum atomic E-state index is 12.3. The molecule has 0 aliphatic heterocycles. The number of hydrogen-bond acceptors (Lipinski definition) is 2. The van der Waals surface area contributed by atoms with Gasteiger partial charge in [-0.2, -0.15) is 11.8 Å². The molecule has 1 aromatic rings. The van der Waals surface area contributed by atoms with Gasteiger partial charge >= 0.3 is 0 Å². The molecule has 0 aliphatic rings. The van der Waals surface area contributed by atoms with Crippen LogP contribution in [0.2, 0.25) is 0 Å². The van der Waals surface area contributed by atoms with Crippen LogP contribution in [0.4, 0.5) is 0 Å². The fraction of sp³-hybridized carbons (Fsp3) is 0.533. The molecule has 1 rings (SSSR count). The van der Waals surface area contributed by atoms with Crippen molar-refractivity contribution in [3.05, 3.63) is 35.4 Å². The lowest BCUT2D eigenvalue weighted by atomic mass is 10.1. The van der Waals surface area contributed by atoms with Crippen molar-refractivity contribution in [2.75, 3.05) is 5.75 Å². The number of ketones is 1. The summed E-state index contributed by atoms with van der Waals surface area (Å²) in [6.45, 7) is 6.32. The highest BCUT2D eigenvalue weighted by Crippen LogP contribution is 2.21. The summed E-state index contributed by atoms with van der Waals surface area (Å²) in [6.07, 6.45) is 3.31. The van der Waals surface area contributed by atoms with Gasteiger partial charge in [-0.1, -0.05) is 50.1 Å². The molecule has 1 aromatic carbocycles. The van der Waals surface area contributed by atoms with Gasteiger partial charge in [-0.3, -0.25) is 4.79 Å². The van der Waals surface area contributed by atoms with Gasteiger partial charge in [0.1, 0.15) is 0 Å². The molecule has 0 bridgehead atoms. The Morgan fingerprint density at radius 3 is 2.41 bits per heavy atom. The number of hydrogen-bond donors (Lipinski definition) is 0. The molecule has 0 heterocycles. The van der Waals surface area contributed by atoms with Crippen LogP contribution in [0.1, 0.15) is 49.0 Å². The van der Waals surface area contributed by atoms with E-state index < -0.39 is 0 Å². The minimum Gasteiger partial charge on any atom is -0.293 e. The van der Waals surface area contributed by atoms with Crippen LogP contribution in [0, 0.1) is 6.92 Å². The molecule has 0 spiro atoms. The molecule has 0 aromatic heterocycles. The average molecular weight is 250 g/mol. The van der Waals surface area contributed by atoms with Gasteiger partial charge in [0, 0.05) is 5.56 Å². The predicted octanol–water partition coefficient (Wildman–Crippen LogP) is 4.49. The van der Waals surface area contributed by atoms with Gasteiger partial charge in [0.05, 0.1) is 5.25 Å². The van der Waals surface area contributed by atoms with Gasteiger partial charge in [0.15, 0.2) is 5.78 Å². The van der Waals surface area contributed by atoms with Crippen molar-refractivity contribution in [3.63, 3.8) is 0 Å². The third-order valence-electron chi connectivity index (χ3n) is 2.82. The highest BCUT2D eigenvalue weighted by Gasteiger charge is 2.17. The fourth-order valence-corrected chi connectivity index (χ4v) is 2.92. The van der Waals surface area contributed by atoms with Crippen molar-refractivity contribution in [2.24, 2.45) is 0 Å². The van der Waals surface area contributed by atoms with Crippen molar-refractivity contribution in [1.29, 1.82) is 0 Å². The summed E-state index contributed by atoms with van der Waals surface area (Å²) in [5.74, 6) is 1.38. The zero-order chi connectivity index (χ0) is 12.7. The van der Waals surface area contributed by atoms with Gasteiger partial charge in [0.25, 0.3) is 0 Å². The molecule has 0 saturated heterocycles. The topological polar surface area (TPSA) is 17.1 Å². The van der Waals surface area contributed by atoms with E-state index in [1.54, 1.807) is 11.8 Å². The first-order valence-corrected chi connectivity index (χ1v) is 7.46. The molecule has 0 N–H and O–H groups in total. The summed E-state index contributed by atoms with van der Waals surface area (Å²) in [7, 11) is 0. The highest BCUT2D eigenvalue weighted by atomic mass is 32.2. The Bertz CT molecular complexity index is 342. The molecular weight excluding hydrogens is 228 g/mol. The lowest BCUT2D eigenvalue weighted by Crippen LogP contribution is -2.17. The summed E-state index contributed by atoms with van der Waals surface area (Å²) >= 11 is 1.80. The third kappa shape index (κ3) is 4.55. The summed E-state index contributed by atoms with van der Waals surface area (Å²) in [5.41, 5.74) is 2.06. The Morgan fingerprint density at radius 2 is 1.88 bits per heavy atom. The maximum absolute atomic E-state index is 12.3. The predicted molar refractivity (Wildman–Crippen MR) is 77.0 cm³/mol. The minimum atomic E-state index is 0.129. The van der Waals surface area contributed by atoms with E-state index in [1.165, 1.54) is 18.4 Å². The van der Waals surface area contributed by atoms with E-state index in [1.807, 2.05) is 31.2 Å². The van der Waals surface area contributed by atoms with Crippen molar-refractivity contribution >= 4 is 17.5 Å². The molecule has 1 unspecified atom stereocenters. The van der Waals surface area contributed by atoms with Gasteiger partial charge in [-0.15, -0.1) is 0 Å². The first kappa shape index (κ1) is 14.3. The smallest absolute Gasteiger partial charge is 0.175 e. The molecule has 0 saturated carbocycles. The minimum absolute atomic E-state index is 0.129. The number of carbonyl (C=O) groups excluding carboxylic acids is 1. The van der Waals surface area contributed by atoms with E-state index in [-0.39, 0.29) is 11.0 Å². The van der Waals surface area contributed by atoms with Crippen molar-refractivity contribution in [1.82, 2.24) is 0 Å². The number of rotatable bonds is 7. The molecule has 0 radical (unpaired) electrons. The molecule has 2 heteroatoms. The second-order valence-corrected chi connectivity index (χ2v) is 5.66. The van der Waals surface area contributed by atoms with Gasteiger partial charge in [0.2, 0.25) is 0 Å². The van der Waals surface area contributed by atoms with E-state index >= 15 is 0 Å². The van der Waals surface area contributed by atoms with Crippen LogP contribution in [-0.4, -0.2) is 16.8 Å². The van der Waals surface area contributed by atoms with Crippen molar-refractivity contribution < 1.29 is 4.79 Å². The lowest BCUT2D eigenvalue weighted by Gasteiger charge is -2.13. The Labute approximate surface area is 109 Å². The first-order chi connectivity index (χ1) is 8.19. The fourth-order valence-electron chi connectivity index (χ4n) is 1.65. The third-order valence-corrected chi connectivity index (χ3v) is 4.29. The lowest BCUT2D eigenvalue weighted by molar-refractivity contribution is 0.0988. The molecule has 1 nitrogen and oxygen atoms in total. The zero-order valence-electron chi connectivity index (χ0n) is 11.0. The van der Waals surface area contributed by atoms with Crippen LogP contribution in [0.15, 0.2) is 24.3 Å². The van der Waals surface area contributed by atoms with Crippen LogP contribution in [-0.2, 0) is 0 Å². The highest BCUT2D eigenvalue weighted by molar-refractivity contribution is 8.00. The standard InChI is InChI=1S/C15H22OS/c1-4-6-11-17-14(5-2)15(16)13-9-7-12(3)8-10-13/h7-10,14H,4-6,11H2,1-3H3. The van der Waals surface area contributed by atoms with E-state index in [0.29, 0.717) is 0 Å². The second-order valence-electron chi connectivity index (χ2n) is 4.35. The summed E-state index contributed by atoms with van der Waals surface area (Å²) in [4.78, 5) is 12.3. The molecule has 17 heavy (non-hydrogen) atoms. The number of aryl methyl sites for hydroxylation is 1. The molecule has 1 atom stereocenters. The molecule has 0 amide bonds. The Morgan fingerprint density at radius 1 is 1.24 bits per heavy atom. The van der Waals surface area contributed by atoms with Crippen LogP contribution in [0.5, 0.6) is 0 Å². The van der Waals surface area contributed by atoms with E-state index in [9.17, 15) is 4.79 Å². The largest absolute Gasteiger partial charge is 0.293 e. The Hall–Kier alpha value is -0.760. The summed E-state index contributed by atoms with van der Waals surface area (Å²) < 4.78 is 0. The average Bonchev–Trinajstić information content (AvgIpc) is 2.35. The quantitative estimate of drug-likeness (QED) is 0.524. The molecule has 94 valence electrons. The summed E-state index contributed by atoms with van der Waals surface area (Å²) in [5, 5.41) is 0.129. The molecule has 0 aliphatic carbocycles. The van der Waals surface area contributed by atoms with Gasteiger partial charge in [-0.05, 0) is 25.5 Å². The van der Waals surface area contributed by atoms with E-state index in [0.717, 1.165) is 17.7 Å². The second kappa shape index (κ2) is 7.54. The van der Waals surface area contributed by atoms with Gasteiger partial charge in [-0.25, -0.2) is 0 Å². The zero-order valence-corrected chi connectivity index (χ0v) is 11.8. The van der Waals surface area contributed by atoms with Crippen molar-refractivity contribution in [3.8, 4) is 0 Å². The monoisotopic (exact) mass is 250 g/mol. The number of benzene rings is 1. The maximum Gasteiger partial charge on any atom is 0.175 e. The van der Waals surface area contributed by atoms with E-state index in [2.05, 4.69) is 13.8 Å². The summed E-state index contributed by atoms with van der Waals surface area (Å²) in [6, 6.07) is 7.91. The normalized spacial score (nSPS) is 12.4. The van der Waals surface area contributed by atoms with Crippen LogP contribution >= 0.6 is 11.8 Å². The Balaban J connectivity index is 2.62. The number of unbranched alkanes of at least 4 members (excludes halogenated alkanes) is 1. The number of thioether (sulfide) groups is 1. The Kier molecular flexibility index (Phi) is 6.35. The molecule has 0 fully saturated rings. The first-order valence-electron chi connectivity index (χ1n) is 6.41. The van der Waals surface area contributed by atoms with Crippen molar-refractivity contribution in [2.45, 2.75) is 45.3 Å². The van der Waals surface area contributed by atoms with Crippen LogP contribution in [0.25, 0.3) is 0 Å². The molecular formula is C15H22OS. The van der Waals surface area contributed by atoms with Gasteiger partial charge < -0.3 is 0 Å². The SMILES string of the molecule is CCCCSC(CC)C(=O)c1ccc(C)cc1. The van der Waals surface area contributed by atoms with E-state index in [4.69, 9.17) is 0 Å². The van der Waals surface area contributed by atoms with Crippen LogP contribution in [0.3, 0.4) is 0 Å². The number of carbonyl (C=O) groups is 1. The number of Topliss-reactive ketones (excluding diaryl/α,β-unsaturated/α-hetero) is 1. The van der Waals surface area contributed by atoms with Crippen LogP contribution < -0.4 is 0 Å².